The first-order valence-electron chi connectivity index (χ1n) is 15.8. The Balaban J connectivity index is 1.27. The Morgan fingerprint density at radius 3 is 1.80 bits per heavy atom. The molecule has 0 amide bonds. The molecule has 7 aromatic rings. The van der Waals surface area contributed by atoms with Crippen molar-refractivity contribution in [2.24, 2.45) is 0 Å². The number of rotatable bonds is 3. The summed E-state index contributed by atoms with van der Waals surface area (Å²) in [5, 5.41) is 0. The van der Waals surface area contributed by atoms with Crippen LogP contribution in [0.1, 0.15) is 0 Å². The molecule has 0 saturated heterocycles. The largest absolute Gasteiger partial charge is 0.311 e. The highest BCUT2D eigenvalue weighted by molar-refractivity contribution is 7.99. The van der Waals surface area contributed by atoms with Crippen molar-refractivity contribution in [3.8, 4) is 22.3 Å². The molecule has 0 saturated carbocycles. The number of fused-ring (bicyclic) bond motifs is 6. The Morgan fingerprint density at radius 2 is 1.00 bits per heavy atom. The number of para-hydroxylation sites is 2. The normalized spacial score (nSPS) is 13.4. The van der Waals surface area contributed by atoms with Gasteiger partial charge in [-0.1, -0.05) is 127 Å². The van der Waals surface area contributed by atoms with Crippen LogP contribution >= 0.6 is 11.8 Å². The van der Waals surface area contributed by atoms with Crippen LogP contribution in [0.4, 0.5) is 34.1 Å². The quantitative estimate of drug-likeness (QED) is 0.186. The molecule has 3 aliphatic heterocycles. The molecule has 214 valence electrons. The Labute approximate surface area is 273 Å². The summed E-state index contributed by atoms with van der Waals surface area (Å²) in [4.78, 5) is 7.63. The van der Waals surface area contributed by atoms with Gasteiger partial charge in [-0.3, -0.25) is 0 Å². The lowest BCUT2D eigenvalue weighted by atomic mass is 9.33. The van der Waals surface area contributed by atoms with Gasteiger partial charge in [0.25, 0.3) is 6.71 Å². The average molecular weight is 603 g/mol. The highest BCUT2D eigenvalue weighted by Gasteiger charge is 2.45. The molecule has 0 radical (unpaired) electrons. The number of benzene rings is 7. The Bertz CT molecular complexity index is 2320. The zero-order chi connectivity index (χ0) is 30.2. The molecular weight excluding hydrogens is 575 g/mol. The third kappa shape index (κ3) is 3.74. The topological polar surface area (TPSA) is 6.48 Å². The monoisotopic (exact) mass is 602 g/mol. The maximum Gasteiger partial charge on any atom is 0.252 e. The van der Waals surface area contributed by atoms with Crippen LogP contribution < -0.4 is 26.2 Å². The van der Waals surface area contributed by atoms with Gasteiger partial charge < -0.3 is 9.80 Å². The first-order chi connectivity index (χ1) is 22.8. The molecule has 2 nitrogen and oxygen atoms in total. The fraction of sp³-hybridized carbons (Fsp3) is 0. The van der Waals surface area contributed by atoms with Crippen LogP contribution in [0, 0.1) is 0 Å². The van der Waals surface area contributed by atoms with E-state index in [2.05, 4.69) is 174 Å². The van der Waals surface area contributed by atoms with Gasteiger partial charge in [-0.2, -0.15) is 0 Å². The molecule has 0 fully saturated rings. The number of hydrogen-bond acceptors (Lipinski definition) is 3. The van der Waals surface area contributed by atoms with Crippen LogP contribution in [-0.2, 0) is 0 Å². The molecule has 3 aliphatic rings. The molecular formula is C42H27BN2S. The van der Waals surface area contributed by atoms with Gasteiger partial charge in [-0.25, -0.2) is 0 Å². The second-order valence-corrected chi connectivity index (χ2v) is 13.2. The third-order valence-electron chi connectivity index (χ3n) is 9.62. The third-order valence-corrected chi connectivity index (χ3v) is 10.7. The van der Waals surface area contributed by atoms with E-state index in [0.717, 1.165) is 5.69 Å². The lowest BCUT2D eigenvalue weighted by molar-refractivity contribution is 1.17. The zero-order valence-electron chi connectivity index (χ0n) is 25.0. The van der Waals surface area contributed by atoms with Crippen molar-refractivity contribution in [1.82, 2.24) is 0 Å². The standard InChI is InChI=1S/C42H27BN2S/c1-3-12-28(13-4-1)30-16-9-17-32(26-30)44-36-20-11-21-37-41(36)43(33-25-24-31(27-38(33)44)29-14-5-2-6-15-29)34-18-10-23-40-42(34)45(37)35-19-7-8-22-39(35)46-40/h1-27H. The fourth-order valence-corrected chi connectivity index (χ4v) is 8.77. The van der Waals surface area contributed by atoms with E-state index in [-0.39, 0.29) is 6.71 Å². The smallest absolute Gasteiger partial charge is 0.252 e. The molecule has 46 heavy (non-hydrogen) atoms. The first kappa shape index (κ1) is 25.8. The summed E-state index contributed by atoms with van der Waals surface area (Å²) in [7, 11) is 0. The first-order valence-corrected chi connectivity index (χ1v) is 16.6. The second kappa shape index (κ2) is 10.0. The van der Waals surface area contributed by atoms with Crippen LogP contribution in [0.15, 0.2) is 174 Å². The molecule has 0 aliphatic carbocycles. The highest BCUT2D eigenvalue weighted by atomic mass is 32.2. The van der Waals surface area contributed by atoms with Crippen molar-refractivity contribution in [3.63, 3.8) is 0 Å². The number of hydrogen-bond donors (Lipinski definition) is 0. The van der Waals surface area contributed by atoms with E-state index in [9.17, 15) is 0 Å². The minimum atomic E-state index is 0.122. The predicted molar refractivity (Wildman–Crippen MR) is 195 cm³/mol. The highest BCUT2D eigenvalue weighted by Crippen LogP contribution is 2.53. The van der Waals surface area contributed by atoms with Gasteiger partial charge >= 0.3 is 0 Å². The lowest BCUT2D eigenvalue weighted by Crippen LogP contribution is -2.61. The van der Waals surface area contributed by atoms with Gasteiger partial charge in [0.05, 0.1) is 11.4 Å². The summed E-state index contributed by atoms with van der Waals surface area (Å²) in [5.74, 6) is 0. The van der Waals surface area contributed by atoms with E-state index in [1.54, 1.807) is 0 Å². The van der Waals surface area contributed by atoms with Crippen LogP contribution in [-0.4, -0.2) is 6.71 Å². The molecule has 0 N–H and O–H groups in total. The molecule has 10 rings (SSSR count). The average Bonchev–Trinajstić information content (AvgIpc) is 3.13. The van der Waals surface area contributed by atoms with Gasteiger partial charge in [-0.05, 0) is 87.2 Å². The van der Waals surface area contributed by atoms with E-state index in [0.29, 0.717) is 0 Å². The van der Waals surface area contributed by atoms with Gasteiger partial charge in [0.15, 0.2) is 0 Å². The minimum absolute atomic E-state index is 0.122. The maximum atomic E-state index is 2.52. The molecule has 0 unspecified atom stereocenters. The lowest BCUT2D eigenvalue weighted by Gasteiger charge is -2.46. The van der Waals surface area contributed by atoms with Crippen molar-refractivity contribution >= 4 is 69.0 Å². The number of anilines is 6. The van der Waals surface area contributed by atoms with Crippen LogP contribution in [0.2, 0.25) is 0 Å². The second-order valence-electron chi connectivity index (χ2n) is 12.1. The van der Waals surface area contributed by atoms with Crippen LogP contribution in [0.5, 0.6) is 0 Å². The molecule has 4 heteroatoms. The van der Waals surface area contributed by atoms with Gasteiger partial charge in [0.2, 0.25) is 0 Å². The molecule has 0 spiro atoms. The number of nitrogens with zero attached hydrogens (tertiary/aromatic N) is 2. The van der Waals surface area contributed by atoms with Crippen molar-refractivity contribution in [3.05, 3.63) is 164 Å². The molecule has 0 atom stereocenters. The summed E-state index contributed by atoms with van der Waals surface area (Å²) < 4.78 is 0. The van der Waals surface area contributed by atoms with Crippen molar-refractivity contribution in [2.45, 2.75) is 9.79 Å². The van der Waals surface area contributed by atoms with Crippen molar-refractivity contribution in [1.29, 1.82) is 0 Å². The van der Waals surface area contributed by atoms with E-state index >= 15 is 0 Å². The summed E-state index contributed by atoms with van der Waals surface area (Å²) in [6.07, 6.45) is 0. The predicted octanol–water partition coefficient (Wildman–Crippen LogP) is 9.57. The SMILES string of the molecule is c1ccc(-c2cccc(N3c4cc(-c5ccccc5)ccc4B4c5cccc6c5N(c5ccccc5S6)c5cccc3c54)c2)cc1. The van der Waals surface area contributed by atoms with E-state index in [1.807, 2.05) is 11.8 Å². The van der Waals surface area contributed by atoms with Crippen molar-refractivity contribution < 1.29 is 0 Å². The molecule has 0 bridgehead atoms. The Morgan fingerprint density at radius 1 is 0.391 bits per heavy atom. The molecule has 7 aromatic carbocycles. The maximum absolute atomic E-state index is 2.52. The van der Waals surface area contributed by atoms with Gasteiger partial charge in [-0.15, -0.1) is 0 Å². The summed E-state index contributed by atoms with van der Waals surface area (Å²) >= 11 is 1.88. The minimum Gasteiger partial charge on any atom is -0.311 e. The Kier molecular flexibility index (Phi) is 5.64. The van der Waals surface area contributed by atoms with Gasteiger partial charge in [0, 0.05) is 32.5 Å². The summed E-state index contributed by atoms with van der Waals surface area (Å²) in [6, 6.07) is 60.1. The zero-order valence-corrected chi connectivity index (χ0v) is 25.8. The van der Waals surface area contributed by atoms with Crippen LogP contribution in [0.25, 0.3) is 22.3 Å². The summed E-state index contributed by atoms with van der Waals surface area (Å²) in [6.45, 7) is 0.122. The molecule has 3 heterocycles. The van der Waals surface area contributed by atoms with E-state index in [1.165, 1.54) is 76.9 Å². The fourth-order valence-electron chi connectivity index (χ4n) is 7.67. The molecule has 0 aromatic heterocycles. The summed E-state index contributed by atoms with van der Waals surface area (Å²) in [5.41, 5.74) is 16.4. The van der Waals surface area contributed by atoms with Gasteiger partial charge in [0.1, 0.15) is 0 Å². The van der Waals surface area contributed by atoms with E-state index < -0.39 is 0 Å². The Hall–Kier alpha value is -5.45. The van der Waals surface area contributed by atoms with Crippen LogP contribution in [0.3, 0.4) is 0 Å². The van der Waals surface area contributed by atoms with E-state index in [4.69, 9.17) is 0 Å². The van der Waals surface area contributed by atoms with Crippen molar-refractivity contribution in [2.75, 3.05) is 9.80 Å².